The van der Waals surface area contributed by atoms with Crippen LogP contribution in [0.3, 0.4) is 0 Å². The average molecular weight is 1220 g/mol. The average Bonchev–Trinajstić information content (AvgIpc) is 3.36. The minimum Gasteiger partial charge on any atom is -0.378 e. The SMILES string of the molecule is CN1Cc2c(Cl)cc(Cl)cc2[C@@H](c2cccc(S(=O)(=O)NCCOCCOCCNC(=O)NCCCCNC(=O)NCCOCCOCCNS(=O)(=O)c3cccc([C@@H]4CN(C)Cc5c(Cl)cc(Cl)cc54)c3)c2)C1.Cl.Cl. The van der Waals surface area contributed by atoms with Crippen LogP contribution < -0.4 is 30.7 Å². The number of amides is 4. The monoisotopic (exact) mass is 1210 g/mol. The first-order valence-corrected chi connectivity index (χ1v) is 28.8. The van der Waals surface area contributed by atoms with Crippen molar-refractivity contribution >= 4 is 103 Å². The van der Waals surface area contributed by atoms with E-state index >= 15 is 0 Å². The molecule has 0 aliphatic carbocycles. The zero-order valence-corrected chi connectivity index (χ0v) is 48.6. The number of hydrogen-bond donors (Lipinski definition) is 6. The zero-order chi connectivity index (χ0) is 53.1. The van der Waals surface area contributed by atoms with E-state index in [0.29, 0.717) is 72.2 Å². The van der Waals surface area contributed by atoms with Gasteiger partial charge in [-0.15, -0.1) is 24.8 Å². The first-order valence-electron chi connectivity index (χ1n) is 24.4. The van der Waals surface area contributed by atoms with Gasteiger partial charge in [-0.05, 0) is 109 Å². The fourth-order valence-electron chi connectivity index (χ4n) is 8.62. The maximum Gasteiger partial charge on any atom is 0.314 e. The molecule has 6 N–H and O–H groups in total. The van der Waals surface area contributed by atoms with E-state index in [9.17, 15) is 26.4 Å². The molecular formula is C50H68Cl6N8O10S2. The number of hydrogen-bond acceptors (Lipinski definition) is 12. The molecule has 0 fully saturated rings. The molecule has 2 heterocycles. The van der Waals surface area contributed by atoms with Gasteiger partial charge in [0.1, 0.15) is 0 Å². The van der Waals surface area contributed by atoms with Crippen LogP contribution in [0.15, 0.2) is 82.6 Å². The van der Waals surface area contributed by atoms with Crippen molar-refractivity contribution in [3.63, 3.8) is 0 Å². The highest BCUT2D eigenvalue weighted by molar-refractivity contribution is 7.89. The lowest BCUT2D eigenvalue weighted by molar-refractivity contribution is 0.0516. The standard InChI is InChI=1S/C50H66Cl4N8O10S2.2ClH/c1-61-31-43(41-27-37(51)29-47(53)45(41)33-61)35-7-5-9-39(25-35)73(65,66)59-15-19-71-23-21-69-17-13-57-49(63)55-11-3-4-12-56-50(64)58-14-18-70-22-24-72-20-16-60-74(67,68)40-10-6-8-36(26-40)44-32-62(2)34-46-42(44)28-38(52)30-48(46)54;;/h5-10,25-30,43-44,59-60H,3-4,11-24,31-34H2,1-2H3,(H2,55,57,63)(H2,56,58,64);2*1H/t43-,44+;;. The number of carbonyl (C=O) groups is 2. The molecule has 2 aliphatic heterocycles. The molecule has 4 amide bonds. The molecule has 2 aliphatic rings. The highest BCUT2D eigenvalue weighted by atomic mass is 35.5. The Morgan fingerprint density at radius 3 is 1.25 bits per heavy atom. The van der Waals surface area contributed by atoms with Gasteiger partial charge in [-0.2, -0.15) is 0 Å². The lowest BCUT2D eigenvalue weighted by Crippen LogP contribution is -2.39. The number of halogens is 6. The maximum absolute atomic E-state index is 13.1. The molecule has 26 heteroatoms. The van der Waals surface area contributed by atoms with E-state index in [0.717, 1.165) is 33.4 Å². The summed E-state index contributed by atoms with van der Waals surface area (Å²) in [4.78, 5) is 28.8. The second kappa shape index (κ2) is 32.7. The molecular weight excluding hydrogens is 1150 g/mol. The number of sulfonamides is 2. The highest BCUT2D eigenvalue weighted by Crippen LogP contribution is 2.40. The van der Waals surface area contributed by atoms with Crippen molar-refractivity contribution in [1.29, 1.82) is 0 Å². The molecule has 76 heavy (non-hydrogen) atoms. The first-order chi connectivity index (χ1) is 35.5. The molecule has 2 atom stereocenters. The summed E-state index contributed by atoms with van der Waals surface area (Å²) in [7, 11) is -3.59. The molecule has 0 unspecified atom stereocenters. The Morgan fingerprint density at radius 1 is 0.513 bits per heavy atom. The third kappa shape index (κ3) is 20.4. The number of nitrogens with one attached hydrogen (secondary N) is 6. The lowest BCUT2D eigenvalue weighted by atomic mass is 9.85. The van der Waals surface area contributed by atoms with Crippen molar-refractivity contribution < 1.29 is 45.4 Å². The van der Waals surface area contributed by atoms with Gasteiger partial charge >= 0.3 is 12.1 Å². The van der Waals surface area contributed by atoms with Crippen molar-refractivity contribution in [3.05, 3.63) is 126 Å². The van der Waals surface area contributed by atoms with Gasteiger partial charge in [-0.25, -0.2) is 35.9 Å². The van der Waals surface area contributed by atoms with Crippen molar-refractivity contribution in [2.45, 2.75) is 47.6 Å². The van der Waals surface area contributed by atoms with Gasteiger partial charge < -0.3 is 50.0 Å². The Kier molecular flexibility index (Phi) is 28.1. The van der Waals surface area contributed by atoms with Gasteiger partial charge in [-0.1, -0.05) is 70.7 Å². The Balaban J connectivity index is 0.00000624. The molecule has 0 radical (unpaired) electrons. The Hall–Kier alpha value is -3.26. The van der Waals surface area contributed by atoms with Crippen LogP contribution in [-0.2, 0) is 52.1 Å². The van der Waals surface area contributed by atoms with Gasteiger partial charge in [-0.3, -0.25) is 0 Å². The van der Waals surface area contributed by atoms with Crippen LogP contribution in [0.5, 0.6) is 0 Å². The van der Waals surface area contributed by atoms with E-state index in [1.54, 1.807) is 48.5 Å². The molecule has 6 rings (SSSR count). The Morgan fingerprint density at radius 2 is 0.868 bits per heavy atom. The molecule has 0 spiro atoms. The highest BCUT2D eigenvalue weighted by Gasteiger charge is 2.30. The molecule has 18 nitrogen and oxygen atoms in total. The molecule has 4 aromatic rings. The normalized spacial score (nSPS) is 15.7. The number of likely N-dealkylation sites (N-methyl/N-ethyl adjacent to an activating group) is 2. The Labute approximate surface area is 479 Å². The second-order valence-corrected chi connectivity index (χ2v) is 23.1. The van der Waals surface area contributed by atoms with E-state index in [2.05, 4.69) is 40.5 Å². The molecule has 0 bridgehead atoms. The first kappa shape index (κ1) is 65.3. The van der Waals surface area contributed by atoms with Gasteiger partial charge in [0.05, 0.1) is 62.6 Å². The van der Waals surface area contributed by atoms with Crippen molar-refractivity contribution in [2.75, 3.05) is 119 Å². The largest absolute Gasteiger partial charge is 0.378 e. The summed E-state index contributed by atoms with van der Waals surface area (Å²) in [5, 5.41) is 13.2. The number of nitrogens with zero attached hydrogens (tertiary/aromatic N) is 2. The third-order valence-corrected chi connectivity index (χ3v) is 16.2. The van der Waals surface area contributed by atoms with Gasteiger partial charge in [0.25, 0.3) is 0 Å². The summed E-state index contributed by atoms with van der Waals surface area (Å²) >= 11 is 25.7. The topological polar surface area (TPSA) is 218 Å². The summed E-state index contributed by atoms with van der Waals surface area (Å²) in [6.07, 6.45) is 1.31. The lowest BCUT2D eigenvalue weighted by Gasteiger charge is -2.33. The summed E-state index contributed by atoms with van der Waals surface area (Å²) in [5.41, 5.74) is 5.67. The molecule has 422 valence electrons. The fraction of sp³-hybridized carbons (Fsp3) is 0.480. The number of rotatable bonds is 29. The maximum atomic E-state index is 13.1. The van der Waals surface area contributed by atoms with Crippen molar-refractivity contribution in [2.24, 2.45) is 0 Å². The predicted octanol–water partition coefficient (Wildman–Crippen LogP) is 7.00. The number of urea groups is 2. The minimum absolute atomic E-state index is 0. The summed E-state index contributed by atoms with van der Waals surface area (Å²) in [6.45, 7) is 6.19. The van der Waals surface area contributed by atoms with E-state index in [-0.39, 0.29) is 138 Å². The number of ether oxygens (including phenoxy) is 4. The summed E-state index contributed by atoms with van der Waals surface area (Å²) < 4.78 is 79.8. The van der Waals surface area contributed by atoms with Crippen LogP contribution in [0.25, 0.3) is 0 Å². The number of unbranched alkanes of at least 4 members (excludes halogenated alkanes) is 1. The van der Waals surface area contributed by atoms with Crippen LogP contribution in [0.1, 0.15) is 58.1 Å². The molecule has 4 aromatic carbocycles. The van der Waals surface area contributed by atoms with Gasteiger partial charge in [0.2, 0.25) is 20.0 Å². The van der Waals surface area contributed by atoms with Crippen LogP contribution in [0, 0.1) is 0 Å². The van der Waals surface area contributed by atoms with E-state index in [1.165, 1.54) is 0 Å². The predicted molar refractivity (Wildman–Crippen MR) is 302 cm³/mol. The Bertz CT molecular complexity index is 2550. The number of fused-ring (bicyclic) bond motifs is 2. The van der Waals surface area contributed by atoms with Crippen molar-refractivity contribution in [3.8, 4) is 0 Å². The van der Waals surface area contributed by atoms with Crippen LogP contribution >= 0.6 is 71.2 Å². The van der Waals surface area contributed by atoms with Crippen molar-refractivity contribution in [1.82, 2.24) is 40.5 Å². The van der Waals surface area contributed by atoms with Crippen LogP contribution in [-0.4, -0.2) is 158 Å². The van der Waals surface area contributed by atoms with Gasteiger partial charge in [0, 0.05) is 97.4 Å². The summed E-state index contributed by atoms with van der Waals surface area (Å²) in [5.74, 6) is -0.190. The van der Waals surface area contributed by atoms with E-state index in [1.807, 2.05) is 38.4 Å². The van der Waals surface area contributed by atoms with E-state index in [4.69, 9.17) is 65.4 Å². The number of carbonyl (C=O) groups excluding carboxylic acids is 2. The molecule has 0 saturated carbocycles. The fourth-order valence-corrected chi connectivity index (χ4v) is 11.9. The smallest absolute Gasteiger partial charge is 0.314 e. The quantitative estimate of drug-likeness (QED) is 0.0303. The minimum atomic E-state index is -3.79. The zero-order valence-electron chi connectivity index (χ0n) is 42.3. The van der Waals surface area contributed by atoms with E-state index < -0.39 is 20.0 Å². The molecule has 0 saturated heterocycles. The van der Waals surface area contributed by atoms with Gasteiger partial charge in [0.15, 0.2) is 0 Å². The third-order valence-electron chi connectivity index (χ3n) is 12.2. The second-order valence-electron chi connectivity index (χ2n) is 17.9. The van der Waals surface area contributed by atoms with Crippen LogP contribution in [0.4, 0.5) is 9.59 Å². The van der Waals surface area contributed by atoms with Crippen LogP contribution in [0.2, 0.25) is 20.1 Å². The molecule has 0 aromatic heterocycles. The number of benzene rings is 4. The summed E-state index contributed by atoms with van der Waals surface area (Å²) in [6, 6.07) is 20.4.